The molecule has 2 rings (SSSR count). The minimum Gasteiger partial charge on any atom is -0.493 e. The van der Waals surface area contributed by atoms with Gasteiger partial charge in [0.1, 0.15) is 0 Å². The van der Waals surface area contributed by atoms with Crippen molar-refractivity contribution >= 4 is 29.9 Å². The van der Waals surface area contributed by atoms with Gasteiger partial charge in [0.25, 0.3) is 0 Å². The first kappa shape index (κ1) is 17.7. The molecule has 1 atom stereocenters. The van der Waals surface area contributed by atoms with Crippen LogP contribution < -0.4 is 24.8 Å². The fourth-order valence-electron chi connectivity index (χ4n) is 2.08. The molecule has 0 saturated heterocycles. The third-order valence-electron chi connectivity index (χ3n) is 3.09. The van der Waals surface area contributed by atoms with E-state index in [0.29, 0.717) is 29.8 Å². The molecule has 6 nitrogen and oxygen atoms in total. The summed E-state index contributed by atoms with van der Waals surface area (Å²) in [5.74, 6) is 2.73. The van der Waals surface area contributed by atoms with Crippen LogP contribution in [0.3, 0.4) is 0 Å². The summed E-state index contributed by atoms with van der Waals surface area (Å²) in [7, 11) is 4.81. The Bertz CT molecular complexity index is 483. The Hall–Kier alpha value is -1.38. The molecule has 0 aromatic heterocycles. The van der Waals surface area contributed by atoms with Crippen LogP contribution in [0, 0.1) is 0 Å². The van der Waals surface area contributed by atoms with Gasteiger partial charge in [-0.05, 0) is 24.6 Å². The van der Waals surface area contributed by atoms with E-state index in [1.165, 1.54) is 0 Å². The van der Waals surface area contributed by atoms with E-state index in [1.54, 1.807) is 21.3 Å². The van der Waals surface area contributed by atoms with Gasteiger partial charge in [-0.25, -0.2) is 0 Å². The number of ether oxygens (including phenoxy) is 3. The van der Waals surface area contributed by atoms with Gasteiger partial charge in [0.05, 0.1) is 27.9 Å². The van der Waals surface area contributed by atoms with E-state index in [1.807, 2.05) is 12.1 Å². The molecule has 1 aliphatic rings. The van der Waals surface area contributed by atoms with E-state index >= 15 is 0 Å². The van der Waals surface area contributed by atoms with Crippen molar-refractivity contribution in [1.82, 2.24) is 10.6 Å². The number of guanidine groups is 1. The van der Waals surface area contributed by atoms with E-state index in [-0.39, 0.29) is 24.0 Å². The van der Waals surface area contributed by atoms with Crippen molar-refractivity contribution in [3.8, 4) is 17.2 Å². The maximum Gasteiger partial charge on any atom is 0.203 e. The average Bonchev–Trinajstić information content (AvgIpc) is 2.89. The fraction of sp³-hybridized carbons (Fsp3) is 0.500. The van der Waals surface area contributed by atoms with Gasteiger partial charge in [0, 0.05) is 12.6 Å². The Kier molecular flexibility index (Phi) is 6.86. The van der Waals surface area contributed by atoms with Crippen LogP contribution in [0.5, 0.6) is 17.2 Å². The second kappa shape index (κ2) is 8.16. The summed E-state index contributed by atoms with van der Waals surface area (Å²) in [6.07, 6.45) is 0. The highest BCUT2D eigenvalue weighted by Crippen LogP contribution is 2.38. The zero-order valence-corrected chi connectivity index (χ0v) is 15.1. The van der Waals surface area contributed by atoms with E-state index in [2.05, 4.69) is 22.5 Å². The van der Waals surface area contributed by atoms with Gasteiger partial charge in [0.2, 0.25) is 5.75 Å². The van der Waals surface area contributed by atoms with Gasteiger partial charge < -0.3 is 24.8 Å². The molecule has 1 unspecified atom stereocenters. The van der Waals surface area contributed by atoms with Crippen molar-refractivity contribution in [3.63, 3.8) is 0 Å². The zero-order chi connectivity index (χ0) is 14.5. The minimum atomic E-state index is 0. The number of methoxy groups -OCH3 is 3. The van der Waals surface area contributed by atoms with Crippen LogP contribution in [0.15, 0.2) is 17.1 Å². The van der Waals surface area contributed by atoms with E-state index in [0.717, 1.165) is 18.1 Å². The first-order valence-corrected chi connectivity index (χ1v) is 6.51. The van der Waals surface area contributed by atoms with E-state index in [4.69, 9.17) is 14.2 Å². The molecule has 0 bridgehead atoms. The molecule has 1 heterocycles. The Morgan fingerprint density at radius 3 is 2.24 bits per heavy atom. The summed E-state index contributed by atoms with van der Waals surface area (Å²) in [4.78, 5) is 4.36. The van der Waals surface area contributed by atoms with Crippen molar-refractivity contribution in [2.45, 2.75) is 19.5 Å². The molecule has 0 fully saturated rings. The lowest BCUT2D eigenvalue weighted by Gasteiger charge is -2.15. The number of benzene rings is 1. The van der Waals surface area contributed by atoms with Crippen LogP contribution >= 0.6 is 24.0 Å². The summed E-state index contributed by atoms with van der Waals surface area (Å²) < 4.78 is 16.0. The van der Waals surface area contributed by atoms with E-state index < -0.39 is 0 Å². The van der Waals surface area contributed by atoms with Gasteiger partial charge in [-0.15, -0.1) is 24.0 Å². The smallest absolute Gasteiger partial charge is 0.203 e. The molecule has 7 heteroatoms. The highest BCUT2D eigenvalue weighted by Gasteiger charge is 2.15. The van der Waals surface area contributed by atoms with Crippen LogP contribution in [0.2, 0.25) is 0 Å². The Morgan fingerprint density at radius 2 is 1.81 bits per heavy atom. The number of hydrogen-bond donors (Lipinski definition) is 2. The maximum atomic E-state index is 5.33. The van der Waals surface area contributed by atoms with Crippen molar-refractivity contribution in [1.29, 1.82) is 0 Å². The summed E-state index contributed by atoms with van der Waals surface area (Å²) in [5, 5.41) is 6.51. The first-order valence-electron chi connectivity index (χ1n) is 6.51. The molecule has 1 aromatic carbocycles. The first-order chi connectivity index (χ1) is 9.67. The molecule has 0 spiro atoms. The predicted octanol–water partition coefficient (Wildman–Crippen LogP) is 1.77. The van der Waals surface area contributed by atoms with Gasteiger partial charge in [-0.2, -0.15) is 0 Å². The highest BCUT2D eigenvalue weighted by atomic mass is 127. The molecule has 0 saturated carbocycles. The predicted molar refractivity (Wildman–Crippen MR) is 93.3 cm³/mol. The monoisotopic (exact) mass is 407 g/mol. The summed E-state index contributed by atoms with van der Waals surface area (Å²) >= 11 is 0. The number of rotatable bonds is 5. The summed E-state index contributed by atoms with van der Waals surface area (Å²) in [6, 6.07) is 4.23. The topological polar surface area (TPSA) is 64.1 Å². The molecular weight excluding hydrogens is 385 g/mol. The minimum absolute atomic E-state index is 0. The number of hydrogen-bond acceptors (Lipinski definition) is 6. The molecule has 21 heavy (non-hydrogen) atoms. The van der Waals surface area contributed by atoms with Crippen molar-refractivity contribution < 1.29 is 14.2 Å². The second-order valence-electron chi connectivity index (χ2n) is 4.62. The number of aliphatic imine (C=N–C) groups is 1. The normalized spacial score (nSPS) is 16.4. The van der Waals surface area contributed by atoms with Gasteiger partial charge >= 0.3 is 0 Å². The lowest BCUT2D eigenvalue weighted by molar-refractivity contribution is 0.323. The summed E-state index contributed by atoms with van der Waals surface area (Å²) in [5.41, 5.74) is 1.03. The van der Waals surface area contributed by atoms with Crippen molar-refractivity contribution in [2.24, 2.45) is 4.99 Å². The molecule has 2 N–H and O–H groups in total. The van der Waals surface area contributed by atoms with Crippen molar-refractivity contribution in [3.05, 3.63) is 17.7 Å². The lowest BCUT2D eigenvalue weighted by Crippen LogP contribution is -2.37. The van der Waals surface area contributed by atoms with Crippen LogP contribution in [0.25, 0.3) is 0 Å². The number of halogens is 1. The Morgan fingerprint density at radius 1 is 1.19 bits per heavy atom. The zero-order valence-electron chi connectivity index (χ0n) is 12.7. The second-order valence-corrected chi connectivity index (χ2v) is 4.62. The van der Waals surface area contributed by atoms with Gasteiger partial charge in [0.15, 0.2) is 17.5 Å². The molecule has 118 valence electrons. The molecule has 1 aliphatic heterocycles. The molecule has 1 aromatic rings. The highest BCUT2D eigenvalue weighted by molar-refractivity contribution is 14.0. The standard InChI is InChI=1S/C14H21N3O3.HI/c1-9-7-15-14(17-9)16-8-10-5-11(18-2)13(20-4)12(6-10)19-3;/h5-6,9H,7-8H2,1-4H3,(H2,15,16,17);1H. The molecule has 0 amide bonds. The fourth-order valence-corrected chi connectivity index (χ4v) is 2.08. The number of nitrogens with zero attached hydrogens (tertiary/aromatic N) is 1. The third kappa shape index (κ3) is 4.29. The molecule has 0 radical (unpaired) electrons. The van der Waals surface area contributed by atoms with Crippen LogP contribution in [0.1, 0.15) is 12.5 Å². The Labute approximate surface area is 142 Å². The average molecular weight is 407 g/mol. The van der Waals surface area contributed by atoms with Crippen molar-refractivity contribution in [2.75, 3.05) is 27.9 Å². The quantitative estimate of drug-likeness (QED) is 0.729. The third-order valence-corrected chi connectivity index (χ3v) is 3.09. The SMILES string of the molecule is COc1cc(CNC2=NCC(C)N2)cc(OC)c1OC.I. The maximum absolute atomic E-state index is 5.33. The largest absolute Gasteiger partial charge is 0.493 e. The van der Waals surface area contributed by atoms with Gasteiger partial charge in [-0.3, -0.25) is 4.99 Å². The van der Waals surface area contributed by atoms with E-state index in [9.17, 15) is 0 Å². The van der Waals surface area contributed by atoms with Gasteiger partial charge in [-0.1, -0.05) is 0 Å². The van der Waals surface area contributed by atoms with Crippen LogP contribution in [0.4, 0.5) is 0 Å². The van der Waals surface area contributed by atoms with Crippen LogP contribution in [-0.2, 0) is 6.54 Å². The number of nitrogens with one attached hydrogen (secondary N) is 2. The molecule has 0 aliphatic carbocycles. The lowest BCUT2D eigenvalue weighted by atomic mass is 10.2. The van der Waals surface area contributed by atoms with Crippen LogP contribution in [-0.4, -0.2) is 39.9 Å². The summed E-state index contributed by atoms with van der Waals surface area (Å²) in [6.45, 7) is 3.53. The molecular formula is C14H22IN3O3. The Balaban J connectivity index is 0.00000220.